The molecule has 0 aromatic heterocycles. The Hall–Kier alpha value is -1.07. The average Bonchev–Trinajstić information content (AvgIpc) is 2.38. The number of benzene rings is 1. The molecule has 4 nitrogen and oxygen atoms in total. The van der Waals surface area contributed by atoms with Gasteiger partial charge in [-0.2, -0.15) is 0 Å². The summed E-state index contributed by atoms with van der Waals surface area (Å²) in [7, 11) is 0. The fourth-order valence-corrected chi connectivity index (χ4v) is 2.83. The van der Waals surface area contributed by atoms with Crippen LogP contribution in [-0.4, -0.2) is 37.0 Å². The molecule has 1 heterocycles. The lowest BCUT2D eigenvalue weighted by molar-refractivity contribution is -0.129. The summed E-state index contributed by atoms with van der Waals surface area (Å²) in [5.74, 6) is 0.156. The Morgan fingerprint density at radius 1 is 1.33 bits per heavy atom. The van der Waals surface area contributed by atoms with Crippen LogP contribution in [0, 0.1) is 0 Å². The molecule has 0 spiro atoms. The van der Waals surface area contributed by atoms with Gasteiger partial charge in [0.25, 0.3) is 0 Å². The first-order chi connectivity index (χ1) is 8.63. The third-order valence-corrected chi connectivity index (χ3v) is 4.11. The van der Waals surface area contributed by atoms with Crippen LogP contribution in [0.3, 0.4) is 0 Å². The summed E-state index contributed by atoms with van der Waals surface area (Å²) in [6.07, 6.45) is 0. The second kappa shape index (κ2) is 5.71. The number of hydrogen-bond acceptors (Lipinski definition) is 3. The third kappa shape index (κ3) is 2.67. The van der Waals surface area contributed by atoms with E-state index < -0.39 is 0 Å². The first-order valence-electron chi connectivity index (χ1n) is 6.11. The van der Waals surface area contributed by atoms with Crippen LogP contribution in [0.5, 0.6) is 0 Å². The molecule has 0 radical (unpaired) electrons. The summed E-state index contributed by atoms with van der Waals surface area (Å²) in [6, 6.07) is 6.13. The van der Waals surface area contributed by atoms with Crippen molar-refractivity contribution >= 4 is 27.5 Å². The quantitative estimate of drug-likeness (QED) is 0.902. The number of rotatable bonds is 2. The van der Waals surface area contributed by atoms with Crippen LogP contribution in [0.4, 0.5) is 5.69 Å². The number of anilines is 1. The van der Waals surface area contributed by atoms with E-state index in [1.54, 1.807) is 6.92 Å². The molecule has 1 amide bonds. The number of nitrogens with two attached hydrogens (primary N) is 1. The monoisotopic (exact) mass is 311 g/mol. The molecule has 1 aromatic carbocycles. The van der Waals surface area contributed by atoms with Crippen molar-refractivity contribution in [3.63, 3.8) is 0 Å². The standard InChI is InChI=1S/C13H18BrN3O/c1-10(18)16-5-7-17(8-6-16)13-4-2-3-12(14)11(13)9-15/h2-4H,5-9,15H2,1H3. The van der Waals surface area contributed by atoms with Crippen LogP contribution in [0.1, 0.15) is 12.5 Å². The minimum absolute atomic E-state index is 0.156. The molecule has 2 rings (SSSR count). The molecule has 5 heteroatoms. The van der Waals surface area contributed by atoms with E-state index in [1.165, 1.54) is 5.69 Å². The van der Waals surface area contributed by atoms with Crippen molar-refractivity contribution in [3.05, 3.63) is 28.2 Å². The average molecular weight is 312 g/mol. The SMILES string of the molecule is CC(=O)N1CCN(c2cccc(Br)c2CN)CC1. The highest BCUT2D eigenvalue weighted by atomic mass is 79.9. The van der Waals surface area contributed by atoms with E-state index in [2.05, 4.69) is 26.9 Å². The Kier molecular flexibility index (Phi) is 4.24. The summed E-state index contributed by atoms with van der Waals surface area (Å²) in [5.41, 5.74) is 8.12. The number of piperazine rings is 1. The number of carbonyl (C=O) groups excluding carboxylic acids is 1. The zero-order valence-electron chi connectivity index (χ0n) is 10.5. The number of nitrogens with zero attached hydrogens (tertiary/aromatic N) is 2. The second-order valence-corrected chi connectivity index (χ2v) is 5.29. The van der Waals surface area contributed by atoms with Crippen LogP contribution >= 0.6 is 15.9 Å². The third-order valence-electron chi connectivity index (χ3n) is 3.36. The summed E-state index contributed by atoms with van der Waals surface area (Å²) in [5, 5.41) is 0. The van der Waals surface area contributed by atoms with E-state index in [0.717, 1.165) is 36.2 Å². The summed E-state index contributed by atoms with van der Waals surface area (Å²) in [4.78, 5) is 15.5. The molecular formula is C13H18BrN3O. The van der Waals surface area contributed by atoms with E-state index in [-0.39, 0.29) is 5.91 Å². The van der Waals surface area contributed by atoms with Gasteiger partial charge < -0.3 is 15.5 Å². The minimum atomic E-state index is 0.156. The predicted octanol–water partition coefficient (Wildman–Crippen LogP) is 1.58. The van der Waals surface area contributed by atoms with Gasteiger partial charge in [-0.25, -0.2) is 0 Å². The molecule has 0 atom stereocenters. The molecule has 1 saturated heterocycles. The van der Waals surface area contributed by atoms with Crippen LogP contribution in [0.2, 0.25) is 0 Å². The van der Waals surface area contributed by atoms with Crippen molar-refractivity contribution < 1.29 is 4.79 Å². The number of hydrogen-bond donors (Lipinski definition) is 1. The van der Waals surface area contributed by atoms with E-state index in [9.17, 15) is 4.79 Å². The molecular weight excluding hydrogens is 294 g/mol. The van der Waals surface area contributed by atoms with E-state index in [0.29, 0.717) is 6.54 Å². The first kappa shape index (κ1) is 13.4. The van der Waals surface area contributed by atoms with Gasteiger partial charge in [0.2, 0.25) is 5.91 Å². The lowest BCUT2D eigenvalue weighted by Gasteiger charge is -2.36. The van der Waals surface area contributed by atoms with Gasteiger partial charge in [0.1, 0.15) is 0 Å². The predicted molar refractivity (Wildman–Crippen MR) is 76.5 cm³/mol. The van der Waals surface area contributed by atoms with Gasteiger partial charge in [0, 0.05) is 55.4 Å². The zero-order valence-corrected chi connectivity index (χ0v) is 12.1. The van der Waals surface area contributed by atoms with Crippen LogP contribution < -0.4 is 10.6 Å². The van der Waals surface area contributed by atoms with Gasteiger partial charge in [-0.05, 0) is 12.1 Å². The number of halogens is 1. The van der Waals surface area contributed by atoms with E-state index >= 15 is 0 Å². The Balaban J connectivity index is 2.14. The van der Waals surface area contributed by atoms with Crippen molar-refractivity contribution in [1.82, 2.24) is 4.90 Å². The Bertz CT molecular complexity index is 442. The zero-order chi connectivity index (χ0) is 13.1. The molecule has 0 bridgehead atoms. The van der Waals surface area contributed by atoms with Crippen molar-refractivity contribution in [3.8, 4) is 0 Å². The molecule has 1 aliphatic heterocycles. The van der Waals surface area contributed by atoms with Crippen molar-refractivity contribution in [2.45, 2.75) is 13.5 Å². The smallest absolute Gasteiger partial charge is 0.219 e. The first-order valence-corrected chi connectivity index (χ1v) is 6.90. The topological polar surface area (TPSA) is 49.6 Å². The van der Waals surface area contributed by atoms with Crippen molar-refractivity contribution in [2.24, 2.45) is 5.73 Å². The van der Waals surface area contributed by atoms with Gasteiger partial charge in [0.15, 0.2) is 0 Å². The number of carbonyl (C=O) groups is 1. The van der Waals surface area contributed by atoms with Gasteiger partial charge in [-0.3, -0.25) is 4.79 Å². The fraction of sp³-hybridized carbons (Fsp3) is 0.462. The van der Waals surface area contributed by atoms with Crippen molar-refractivity contribution in [2.75, 3.05) is 31.1 Å². The van der Waals surface area contributed by atoms with Crippen molar-refractivity contribution in [1.29, 1.82) is 0 Å². The van der Waals surface area contributed by atoms with Gasteiger partial charge in [0.05, 0.1) is 0 Å². The van der Waals surface area contributed by atoms with Crippen LogP contribution in [0.15, 0.2) is 22.7 Å². The molecule has 1 aliphatic rings. The number of amides is 1. The molecule has 1 fully saturated rings. The van der Waals surface area contributed by atoms with Crippen LogP contribution in [0.25, 0.3) is 0 Å². The maximum absolute atomic E-state index is 11.3. The van der Waals surface area contributed by atoms with E-state index in [4.69, 9.17) is 5.73 Å². The highest BCUT2D eigenvalue weighted by molar-refractivity contribution is 9.10. The minimum Gasteiger partial charge on any atom is -0.368 e. The molecule has 0 unspecified atom stereocenters. The summed E-state index contributed by atoms with van der Waals surface area (Å²) >= 11 is 3.54. The molecule has 0 saturated carbocycles. The second-order valence-electron chi connectivity index (χ2n) is 4.43. The highest BCUT2D eigenvalue weighted by Gasteiger charge is 2.20. The lowest BCUT2D eigenvalue weighted by Crippen LogP contribution is -2.48. The molecule has 1 aromatic rings. The molecule has 98 valence electrons. The summed E-state index contributed by atoms with van der Waals surface area (Å²) in [6.45, 7) is 5.44. The fourth-order valence-electron chi connectivity index (χ4n) is 2.31. The highest BCUT2D eigenvalue weighted by Crippen LogP contribution is 2.28. The van der Waals surface area contributed by atoms with Crippen LogP contribution in [-0.2, 0) is 11.3 Å². The largest absolute Gasteiger partial charge is 0.368 e. The van der Waals surface area contributed by atoms with Gasteiger partial charge in [-0.1, -0.05) is 22.0 Å². The molecule has 2 N–H and O–H groups in total. The lowest BCUT2D eigenvalue weighted by atomic mass is 10.1. The summed E-state index contributed by atoms with van der Waals surface area (Å²) < 4.78 is 1.05. The molecule has 18 heavy (non-hydrogen) atoms. The van der Waals surface area contributed by atoms with Gasteiger partial charge in [-0.15, -0.1) is 0 Å². The normalized spacial score (nSPS) is 15.9. The maximum Gasteiger partial charge on any atom is 0.219 e. The maximum atomic E-state index is 11.3. The van der Waals surface area contributed by atoms with Gasteiger partial charge >= 0.3 is 0 Å². The molecule has 0 aliphatic carbocycles. The Morgan fingerprint density at radius 2 is 2.00 bits per heavy atom. The van der Waals surface area contributed by atoms with E-state index in [1.807, 2.05) is 17.0 Å². The Morgan fingerprint density at radius 3 is 2.56 bits per heavy atom. The Labute approximate surface area is 116 Å².